The lowest BCUT2D eigenvalue weighted by Crippen LogP contribution is -2.71. The van der Waals surface area contributed by atoms with Crippen LogP contribution in [0.15, 0.2) is 0 Å². The van der Waals surface area contributed by atoms with Crippen LogP contribution in [0.2, 0.25) is 0 Å². The van der Waals surface area contributed by atoms with E-state index in [9.17, 15) is 24.3 Å². The van der Waals surface area contributed by atoms with E-state index in [0.717, 1.165) is 11.9 Å². The van der Waals surface area contributed by atoms with Crippen molar-refractivity contribution in [1.82, 2.24) is 36.0 Å². The molecule has 0 bridgehead atoms. The zero-order valence-electron chi connectivity index (χ0n) is 35.0. The third kappa shape index (κ3) is 19.3. The second-order valence-corrected chi connectivity index (χ2v) is 18.6. The van der Waals surface area contributed by atoms with Gasteiger partial charge in [-0.2, -0.15) is 0 Å². The molecule has 0 aromatic rings. The first kappa shape index (κ1) is 48.8. The monoisotopic (exact) mass is 821 g/mol. The lowest BCUT2D eigenvalue weighted by atomic mass is 9.87. The van der Waals surface area contributed by atoms with Gasteiger partial charge in [-0.1, -0.05) is 22.9 Å². The Morgan fingerprint density at radius 3 is 1.83 bits per heavy atom. The third-order valence-corrected chi connectivity index (χ3v) is 8.65. The van der Waals surface area contributed by atoms with Crippen LogP contribution in [0.5, 0.6) is 0 Å². The number of alkyl halides is 1. The van der Waals surface area contributed by atoms with Crippen molar-refractivity contribution in [2.75, 3.05) is 71.3 Å². The van der Waals surface area contributed by atoms with Gasteiger partial charge in [-0.3, -0.25) is 14.5 Å². The minimum absolute atomic E-state index is 0.0919. The Labute approximate surface area is 327 Å². The molecule has 3 aliphatic rings. The van der Waals surface area contributed by atoms with Gasteiger partial charge in [0, 0.05) is 62.2 Å². The van der Waals surface area contributed by atoms with Crippen LogP contribution in [0.1, 0.15) is 96.4 Å². The molecule has 3 saturated heterocycles. The van der Waals surface area contributed by atoms with Crippen molar-refractivity contribution in [1.29, 1.82) is 0 Å². The number of nitrogens with zero attached hydrogens (tertiary/aromatic N) is 3. The van der Waals surface area contributed by atoms with Gasteiger partial charge in [0.25, 0.3) is 0 Å². The summed E-state index contributed by atoms with van der Waals surface area (Å²) in [6.45, 7) is 28.9. The fraction of sp³-hybridized carbons (Fsp3) is 0.892. The van der Waals surface area contributed by atoms with Crippen molar-refractivity contribution < 1.29 is 38.5 Å². The number of carbonyl (C=O) groups is 4. The number of amides is 4. The first-order chi connectivity index (χ1) is 24.1. The van der Waals surface area contributed by atoms with Gasteiger partial charge >= 0.3 is 12.2 Å². The molecule has 4 amide bonds. The van der Waals surface area contributed by atoms with Gasteiger partial charge < -0.3 is 50.4 Å². The Morgan fingerprint density at radius 1 is 0.887 bits per heavy atom. The fourth-order valence-corrected chi connectivity index (χ4v) is 5.83. The van der Waals surface area contributed by atoms with E-state index in [-0.39, 0.29) is 30.0 Å². The molecule has 0 spiro atoms. The summed E-state index contributed by atoms with van der Waals surface area (Å²) in [5, 5.41) is 23.4. The number of carbonyl (C=O) groups excluding carboxylic acids is 4. The van der Waals surface area contributed by atoms with Crippen LogP contribution >= 0.6 is 15.9 Å². The molecule has 3 aliphatic heterocycles. The average Bonchev–Trinajstić information content (AvgIpc) is 3.84. The maximum atomic E-state index is 13.3. The van der Waals surface area contributed by atoms with Gasteiger partial charge in [0.15, 0.2) is 0 Å². The Morgan fingerprint density at radius 2 is 1.42 bits per heavy atom. The van der Waals surface area contributed by atoms with Crippen molar-refractivity contribution in [3.63, 3.8) is 0 Å². The van der Waals surface area contributed by atoms with Crippen LogP contribution in [0.3, 0.4) is 0 Å². The number of hydrogen-bond donors (Lipinski definition) is 5. The van der Waals surface area contributed by atoms with Gasteiger partial charge in [-0.25, -0.2) is 9.59 Å². The van der Waals surface area contributed by atoms with Gasteiger partial charge in [0.2, 0.25) is 11.8 Å². The zero-order chi connectivity index (χ0) is 41.0. The summed E-state index contributed by atoms with van der Waals surface area (Å²) >= 11 is 3.25. The molecular weight excluding hydrogens is 750 g/mol. The van der Waals surface area contributed by atoms with Crippen LogP contribution < -0.4 is 21.3 Å². The summed E-state index contributed by atoms with van der Waals surface area (Å²) in [7, 11) is 1.78. The van der Waals surface area contributed by atoms with E-state index in [2.05, 4.69) is 37.2 Å². The summed E-state index contributed by atoms with van der Waals surface area (Å²) < 4.78 is 15.7. The van der Waals surface area contributed by atoms with Crippen molar-refractivity contribution in [3.8, 4) is 0 Å². The normalized spacial score (nSPS) is 22.9. The van der Waals surface area contributed by atoms with Crippen molar-refractivity contribution in [2.45, 2.75) is 142 Å². The number of aliphatic hydroxyl groups excluding tert-OH is 1. The molecule has 2 unspecified atom stereocenters. The van der Waals surface area contributed by atoms with Gasteiger partial charge in [0.1, 0.15) is 22.8 Å². The van der Waals surface area contributed by atoms with Gasteiger partial charge in [0.05, 0.1) is 25.4 Å². The average molecular weight is 823 g/mol. The summed E-state index contributed by atoms with van der Waals surface area (Å²) in [6, 6.07) is -0.393. The Balaban J connectivity index is 0.000000485. The maximum absolute atomic E-state index is 13.3. The zero-order valence-corrected chi connectivity index (χ0v) is 36.6. The quantitative estimate of drug-likeness (QED) is 0.180. The number of β-amino-alcohol motifs (C(OH)–C–C–N with tert-alkyl or cyclic N) is 1. The fourth-order valence-electron chi connectivity index (χ4n) is 5.45. The second kappa shape index (κ2) is 20.6. The molecule has 4 atom stereocenters. The first-order valence-corrected chi connectivity index (χ1v) is 19.9. The topological polar surface area (TPSA) is 177 Å². The molecule has 310 valence electrons. The van der Waals surface area contributed by atoms with Crippen molar-refractivity contribution >= 4 is 39.9 Å². The highest BCUT2D eigenvalue weighted by atomic mass is 79.9. The molecule has 5 N–H and O–H groups in total. The molecule has 0 aliphatic carbocycles. The lowest BCUT2D eigenvalue weighted by molar-refractivity contribution is -0.141. The molecule has 53 heavy (non-hydrogen) atoms. The Hall–Kier alpha value is -2.24. The Bertz CT molecular complexity index is 1140. The number of piperazine rings is 2. The van der Waals surface area contributed by atoms with Crippen LogP contribution in [-0.2, 0) is 23.8 Å². The molecule has 0 aromatic heterocycles. The number of epoxide rings is 1. The third-order valence-electron chi connectivity index (χ3n) is 7.93. The van der Waals surface area contributed by atoms with Crippen LogP contribution in [0.4, 0.5) is 9.59 Å². The molecule has 3 heterocycles. The van der Waals surface area contributed by atoms with E-state index in [0.29, 0.717) is 58.3 Å². The van der Waals surface area contributed by atoms with Gasteiger partial charge in [-0.15, -0.1) is 0 Å². The van der Waals surface area contributed by atoms with E-state index in [1.807, 2.05) is 94.9 Å². The number of ether oxygens (including phenoxy) is 3. The number of aliphatic hydroxyl groups is 1. The SMILES string of the molecule is BrCC1CO1.CC(C)(C)NC(=O)[C@@H]1CN(C(=O)OC(C)(C)C)CCN1.CC[C@@]1(C(=O)NC(C)(C)C)CN(C(=O)OC(C)(C)C)CCN1CC(O)CNC. The highest BCUT2D eigenvalue weighted by molar-refractivity contribution is 9.09. The molecule has 15 nitrogen and oxygen atoms in total. The first-order valence-electron chi connectivity index (χ1n) is 18.7. The smallest absolute Gasteiger partial charge is 0.410 e. The molecule has 3 rings (SSSR count). The molecule has 3 fully saturated rings. The molecular formula is C37H72BrN7O8. The van der Waals surface area contributed by atoms with Crippen molar-refractivity contribution in [2.24, 2.45) is 0 Å². The van der Waals surface area contributed by atoms with Crippen molar-refractivity contribution in [3.05, 3.63) is 0 Å². The van der Waals surface area contributed by atoms with Crippen LogP contribution in [0.25, 0.3) is 0 Å². The number of nitrogens with one attached hydrogen (secondary N) is 4. The van der Waals surface area contributed by atoms with Crippen LogP contribution in [-0.4, -0.2) is 161 Å². The second-order valence-electron chi connectivity index (χ2n) is 17.9. The van der Waals surface area contributed by atoms with E-state index >= 15 is 0 Å². The maximum Gasteiger partial charge on any atom is 0.410 e. The number of hydrogen-bond acceptors (Lipinski definition) is 11. The highest BCUT2D eigenvalue weighted by Gasteiger charge is 2.49. The number of likely N-dealkylation sites (N-methyl/N-ethyl adjacent to an activating group) is 1. The predicted octanol–water partition coefficient (Wildman–Crippen LogP) is 3.07. The van der Waals surface area contributed by atoms with Gasteiger partial charge in [-0.05, 0) is 96.6 Å². The predicted molar refractivity (Wildman–Crippen MR) is 211 cm³/mol. The molecule has 16 heteroatoms. The highest BCUT2D eigenvalue weighted by Crippen LogP contribution is 2.28. The number of halogens is 1. The van der Waals surface area contributed by atoms with Crippen LogP contribution in [0, 0.1) is 0 Å². The summed E-state index contributed by atoms with van der Waals surface area (Å²) in [5.41, 5.74) is -2.72. The molecule has 0 aromatic carbocycles. The molecule has 0 radical (unpaired) electrons. The van der Waals surface area contributed by atoms with E-state index in [1.54, 1.807) is 16.8 Å². The minimum atomic E-state index is -0.919. The summed E-state index contributed by atoms with van der Waals surface area (Å²) in [4.78, 5) is 55.3. The van der Waals surface area contributed by atoms with E-state index < -0.39 is 40.5 Å². The Kier molecular flexibility index (Phi) is 19.0. The standard InChI is InChI=1S/C20H40N4O4.C14H27N3O3.C3H5BrO/c1-9-20(16(26)22-18(2,3)4)14-23(17(27)28-19(5,6)7)10-11-24(20)13-15(25)12-21-8;1-13(2,3)16-11(18)10-9-17(8-7-15-10)12(19)20-14(4,5)6;4-1-3-2-5-3/h15,21,25H,9-14H2,1-8H3,(H,22,26);10,15H,7-9H2,1-6H3,(H,16,18);3H,1-2H2/t15?,20-;10-;/m00./s1. The van der Waals surface area contributed by atoms with E-state index in [1.165, 1.54) is 0 Å². The summed E-state index contributed by atoms with van der Waals surface area (Å²) in [6.07, 6.45) is -0.321. The lowest BCUT2D eigenvalue weighted by Gasteiger charge is -2.50. The summed E-state index contributed by atoms with van der Waals surface area (Å²) in [5.74, 6) is -0.224. The molecule has 0 saturated carbocycles. The number of rotatable bonds is 8. The van der Waals surface area contributed by atoms with E-state index in [4.69, 9.17) is 14.2 Å². The minimum Gasteiger partial charge on any atom is -0.444 e. The largest absolute Gasteiger partial charge is 0.444 e.